The van der Waals surface area contributed by atoms with Crippen molar-refractivity contribution >= 4 is 39.2 Å². The summed E-state index contributed by atoms with van der Waals surface area (Å²) in [6, 6.07) is 11.4. The van der Waals surface area contributed by atoms with Crippen molar-refractivity contribution in [1.82, 2.24) is 15.8 Å². The highest BCUT2D eigenvalue weighted by atomic mass is 79.9. The van der Waals surface area contributed by atoms with Gasteiger partial charge in [0.1, 0.15) is 11.6 Å². The van der Waals surface area contributed by atoms with Crippen molar-refractivity contribution < 1.29 is 23.8 Å². The number of nitrogens with one attached hydrogen (secondary N) is 2. The van der Waals surface area contributed by atoms with Gasteiger partial charge in [-0.1, -0.05) is 12.1 Å². The van der Waals surface area contributed by atoms with E-state index in [1.165, 1.54) is 18.2 Å². The van der Waals surface area contributed by atoms with Gasteiger partial charge in [-0.15, -0.1) is 0 Å². The summed E-state index contributed by atoms with van der Waals surface area (Å²) in [5, 5.41) is 19.3. The monoisotopic (exact) mass is 477 g/mol. The van der Waals surface area contributed by atoms with Crippen LogP contribution in [0, 0.1) is 5.82 Å². The summed E-state index contributed by atoms with van der Waals surface area (Å²) in [5.41, 5.74) is 3.12. The minimum Gasteiger partial charge on any atom is -0.497 e. The van der Waals surface area contributed by atoms with E-state index in [0.29, 0.717) is 17.9 Å². The van der Waals surface area contributed by atoms with Gasteiger partial charge in [0.05, 0.1) is 17.3 Å². The Balaban J connectivity index is 1.70. The molecule has 11 heteroatoms. The van der Waals surface area contributed by atoms with Crippen LogP contribution in [0.2, 0.25) is 0 Å². The fraction of sp³-hybridized carbons (Fsp3) is 0.158. The van der Waals surface area contributed by atoms with E-state index >= 15 is 0 Å². The third-order valence-electron chi connectivity index (χ3n) is 4.00. The molecule has 156 valence electrons. The van der Waals surface area contributed by atoms with Crippen LogP contribution in [0.4, 0.5) is 15.9 Å². The molecule has 0 saturated carbocycles. The van der Waals surface area contributed by atoms with Gasteiger partial charge >= 0.3 is 0 Å². The number of hydroxylamine groups is 1. The molecular formula is C19H17BrFN5O4. The number of carbonyl (C=O) groups excluding carboxylic acids is 1. The van der Waals surface area contributed by atoms with E-state index in [2.05, 4.69) is 41.2 Å². The quantitative estimate of drug-likeness (QED) is 0.270. The number of aryl methyl sites for hydroxylation is 1. The summed E-state index contributed by atoms with van der Waals surface area (Å²) < 4.78 is 23.4. The van der Waals surface area contributed by atoms with E-state index < -0.39 is 5.82 Å². The number of methoxy groups -OCH3 is 1. The van der Waals surface area contributed by atoms with Crippen LogP contribution in [0.25, 0.3) is 0 Å². The van der Waals surface area contributed by atoms with Gasteiger partial charge in [0.25, 0.3) is 0 Å². The van der Waals surface area contributed by atoms with E-state index in [-0.39, 0.29) is 34.1 Å². The second kappa shape index (κ2) is 9.94. The normalized spacial score (nSPS) is 11.3. The molecule has 0 aliphatic carbocycles. The second-order valence-electron chi connectivity index (χ2n) is 6.03. The van der Waals surface area contributed by atoms with Crippen molar-refractivity contribution in [1.29, 1.82) is 0 Å². The molecule has 0 atom stereocenters. The maximum absolute atomic E-state index is 13.4. The SMILES string of the molecule is COc1cccc(CCC(=O)Nc2nonc2C(=Nc2ccc(F)c(Br)c2)NO)c1. The maximum Gasteiger partial charge on any atom is 0.226 e. The summed E-state index contributed by atoms with van der Waals surface area (Å²) in [7, 11) is 1.57. The van der Waals surface area contributed by atoms with Crippen LogP contribution < -0.4 is 15.5 Å². The van der Waals surface area contributed by atoms with Crippen molar-refractivity contribution in [3.05, 3.63) is 64.0 Å². The molecule has 1 heterocycles. The van der Waals surface area contributed by atoms with E-state index in [1.807, 2.05) is 29.7 Å². The standard InChI is InChI=1S/C19H17BrFN5O4/c1-29-13-4-2-3-11(9-13)5-8-16(27)23-19-17(25-30-26-19)18(24-28)22-12-6-7-15(21)14(20)10-12/h2-4,6-7,9-10,28H,5,8H2,1H3,(H,22,24)(H,23,26,27). The molecule has 0 saturated heterocycles. The highest BCUT2D eigenvalue weighted by Crippen LogP contribution is 2.23. The van der Waals surface area contributed by atoms with Gasteiger partial charge in [0.2, 0.25) is 11.7 Å². The Kier molecular flexibility index (Phi) is 7.09. The Morgan fingerprint density at radius 2 is 2.13 bits per heavy atom. The Bertz CT molecular complexity index is 1070. The largest absolute Gasteiger partial charge is 0.497 e. The molecule has 9 nitrogen and oxygen atoms in total. The molecule has 0 radical (unpaired) electrons. The average Bonchev–Trinajstić information content (AvgIpc) is 3.21. The first-order valence-corrected chi connectivity index (χ1v) is 9.49. The van der Waals surface area contributed by atoms with Crippen molar-refractivity contribution in [3.63, 3.8) is 0 Å². The third-order valence-corrected chi connectivity index (χ3v) is 4.60. The predicted molar refractivity (Wildman–Crippen MR) is 109 cm³/mol. The number of aromatic nitrogens is 2. The number of anilines is 1. The first-order valence-electron chi connectivity index (χ1n) is 8.69. The lowest BCUT2D eigenvalue weighted by atomic mass is 10.1. The second-order valence-corrected chi connectivity index (χ2v) is 6.89. The highest BCUT2D eigenvalue weighted by Gasteiger charge is 2.19. The molecule has 3 rings (SSSR count). The summed E-state index contributed by atoms with van der Waals surface area (Å²) in [6.07, 6.45) is 0.649. The number of rotatable bonds is 7. The van der Waals surface area contributed by atoms with Crippen LogP contribution >= 0.6 is 15.9 Å². The summed E-state index contributed by atoms with van der Waals surface area (Å²) >= 11 is 3.06. The summed E-state index contributed by atoms with van der Waals surface area (Å²) in [6.45, 7) is 0. The number of carbonyl (C=O) groups is 1. The van der Waals surface area contributed by atoms with Crippen LogP contribution in [0.1, 0.15) is 17.7 Å². The summed E-state index contributed by atoms with van der Waals surface area (Å²) in [4.78, 5) is 16.5. The van der Waals surface area contributed by atoms with E-state index in [1.54, 1.807) is 7.11 Å². The number of aliphatic imine (C=N–C) groups is 1. The zero-order chi connectivity index (χ0) is 21.5. The van der Waals surface area contributed by atoms with Crippen LogP contribution in [0.3, 0.4) is 0 Å². The van der Waals surface area contributed by atoms with Crippen molar-refractivity contribution in [2.45, 2.75) is 12.8 Å². The molecule has 2 aromatic carbocycles. The van der Waals surface area contributed by atoms with Gasteiger partial charge < -0.3 is 10.1 Å². The fourth-order valence-electron chi connectivity index (χ4n) is 2.52. The third kappa shape index (κ3) is 5.39. The molecule has 30 heavy (non-hydrogen) atoms. The van der Waals surface area contributed by atoms with Crippen LogP contribution in [0.5, 0.6) is 5.75 Å². The first kappa shape index (κ1) is 21.4. The number of amides is 1. The summed E-state index contributed by atoms with van der Waals surface area (Å²) in [5.74, 6) is -0.251. The fourth-order valence-corrected chi connectivity index (χ4v) is 2.89. The van der Waals surface area contributed by atoms with Gasteiger partial charge in [-0.25, -0.2) is 14.0 Å². The topological polar surface area (TPSA) is 122 Å². The molecule has 0 bridgehead atoms. The van der Waals surface area contributed by atoms with Gasteiger partial charge in [0.15, 0.2) is 11.5 Å². The van der Waals surface area contributed by atoms with E-state index in [0.717, 1.165) is 5.56 Å². The number of hydrogen-bond donors (Lipinski definition) is 3. The Hall–Kier alpha value is -3.31. The number of benzene rings is 2. The highest BCUT2D eigenvalue weighted by molar-refractivity contribution is 9.10. The lowest BCUT2D eigenvalue weighted by Crippen LogP contribution is -2.23. The lowest BCUT2D eigenvalue weighted by Gasteiger charge is -2.06. The predicted octanol–water partition coefficient (Wildman–Crippen LogP) is 3.61. The van der Waals surface area contributed by atoms with Crippen molar-refractivity contribution in [3.8, 4) is 5.75 Å². The van der Waals surface area contributed by atoms with E-state index in [4.69, 9.17) is 4.74 Å². The minimum absolute atomic E-state index is 0.0207. The molecule has 3 N–H and O–H groups in total. The molecule has 0 aliphatic heterocycles. The zero-order valence-corrected chi connectivity index (χ0v) is 17.3. The molecular weight excluding hydrogens is 461 g/mol. The van der Waals surface area contributed by atoms with Crippen LogP contribution in [0.15, 0.2) is 56.6 Å². The first-order chi connectivity index (χ1) is 14.5. The number of ether oxygens (including phenoxy) is 1. The molecule has 3 aromatic rings. The van der Waals surface area contributed by atoms with Crippen molar-refractivity contribution in [2.24, 2.45) is 4.99 Å². The number of hydrogen-bond acceptors (Lipinski definition) is 7. The molecule has 0 unspecified atom stereocenters. The Morgan fingerprint density at radius 3 is 2.87 bits per heavy atom. The van der Waals surface area contributed by atoms with Gasteiger partial charge in [0, 0.05) is 6.42 Å². The van der Waals surface area contributed by atoms with Crippen LogP contribution in [-0.2, 0) is 11.2 Å². The molecule has 0 aliphatic rings. The van der Waals surface area contributed by atoms with E-state index in [9.17, 15) is 14.4 Å². The number of amidine groups is 1. The Morgan fingerprint density at radius 1 is 1.30 bits per heavy atom. The molecule has 0 fully saturated rings. The van der Waals surface area contributed by atoms with Gasteiger partial charge in [-0.05, 0) is 68.6 Å². The van der Waals surface area contributed by atoms with Gasteiger partial charge in [-0.2, -0.15) is 0 Å². The minimum atomic E-state index is -0.459. The maximum atomic E-state index is 13.4. The average molecular weight is 478 g/mol. The molecule has 0 spiro atoms. The molecule has 1 aromatic heterocycles. The number of nitrogens with zero attached hydrogens (tertiary/aromatic N) is 3. The molecule has 1 amide bonds. The smallest absolute Gasteiger partial charge is 0.226 e. The van der Waals surface area contributed by atoms with Crippen molar-refractivity contribution in [2.75, 3.05) is 12.4 Å². The lowest BCUT2D eigenvalue weighted by molar-refractivity contribution is -0.116. The Labute approximate surface area is 179 Å². The van der Waals surface area contributed by atoms with Gasteiger partial charge in [-0.3, -0.25) is 15.5 Å². The zero-order valence-electron chi connectivity index (χ0n) is 15.7. The van der Waals surface area contributed by atoms with Crippen LogP contribution in [-0.4, -0.2) is 34.4 Å². The number of halogens is 2.